The van der Waals surface area contributed by atoms with Crippen LogP contribution in [0.3, 0.4) is 0 Å². The molecule has 9 heteroatoms. The van der Waals surface area contributed by atoms with Crippen molar-refractivity contribution >= 4 is 46.5 Å². The Morgan fingerprint density at radius 2 is 1.91 bits per heavy atom. The van der Waals surface area contributed by atoms with Gasteiger partial charge in [0.05, 0.1) is 22.9 Å². The Bertz CT molecular complexity index is 1500. The van der Waals surface area contributed by atoms with Gasteiger partial charge in [-0.15, -0.1) is 0 Å². The number of benzene rings is 2. The summed E-state index contributed by atoms with van der Waals surface area (Å²) in [5.41, 5.74) is 2.17. The Labute approximate surface area is 217 Å². The maximum atomic E-state index is 13.8. The third kappa shape index (κ3) is 4.68. The first-order valence-corrected chi connectivity index (χ1v) is 12.8. The van der Waals surface area contributed by atoms with Gasteiger partial charge in [0.2, 0.25) is 0 Å². The summed E-state index contributed by atoms with van der Waals surface area (Å²) in [7, 11) is 1.58. The van der Waals surface area contributed by atoms with E-state index < -0.39 is 6.04 Å². The fraction of sp³-hybridized carbons (Fsp3) is 0.269. The number of allylic oxidation sites excluding steroid dienone is 1. The Hall–Kier alpha value is -2.87. The number of halogens is 2. The molecular formula is C26H25Cl2N3O3S. The number of para-hydroxylation sites is 1. The van der Waals surface area contributed by atoms with Gasteiger partial charge in [-0.2, -0.15) is 0 Å². The van der Waals surface area contributed by atoms with E-state index in [2.05, 4.69) is 4.99 Å². The normalized spacial score (nSPS) is 15.6. The number of ether oxygens (including phenoxy) is 1. The second kappa shape index (κ2) is 10.4. The van der Waals surface area contributed by atoms with E-state index >= 15 is 0 Å². The lowest BCUT2D eigenvalue weighted by Crippen LogP contribution is -2.43. The van der Waals surface area contributed by atoms with Gasteiger partial charge in [0, 0.05) is 28.7 Å². The zero-order valence-electron chi connectivity index (χ0n) is 19.8. The summed E-state index contributed by atoms with van der Waals surface area (Å²) < 4.78 is 7.67. The molecule has 1 aliphatic rings. The lowest BCUT2D eigenvalue weighted by Gasteiger charge is -2.29. The fourth-order valence-electron chi connectivity index (χ4n) is 4.22. The molecule has 0 unspecified atom stereocenters. The van der Waals surface area contributed by atoms with Crippen LogP contribution in [0.2, 0.25) is 10.0 Å². The van der Waals surface area contributed by atoms with Crippen LogP contribution < -0.4 is 19.6 Å². The molecule has 3 aromatic rings. The van der Waals surface area contributed by atoms with E-state index in [0.717, 1.165) is 5.56 Å². The number of nitrogens with zero attached hydrogens (tertiary/aromatic N) is 3. The van der Waals surface area contributed by atoms with Gasteiger partial charge in [-0.1, -0.05) is 58.8 Å². The molecule has 1 atom stereocenters. The van der Waals surface area contributed by atoms with Crippen LogP contribution in [0.5, 0.6) is 5.75 Å². The maximum absolute atomic E-state index is 13.8. The van der Waals surface area contributed by atoms with Crippen molar-refractivity contribution in [3.8, 4) is 5.75 Å². The van der Waals surface area contributed by atoms with Gasteiger partial charge in [-0.05, 0) is 50.6 Å². The quantitative estimate of drug-likeness (QED) is 0.474. The molecule has 1 aromatic heterocycles. The van der Waals surface area contributed by atoms with Crippen LogP contribution in [0.4, 0.5) is 0 Å². The maximum Gasteiger partial charge on any atom is 0.271 e. The van der Waals surface area contributed by atoms with Crippen LogP contribution in [-0.4, -0.2) is 35.6 Å². The lowest BCUT2D eigenvalue weighted by molar-refractivity contribution is -0.127. The van der Waals surface area contributed by atoms with Crippen molar-refractivity contribution in [2.75, 3.05) is 20.2 Å². The van der Waals surface area contributed by atoms with E-state index in [-0.39, 0.29) is 11.5 Å². The second-order valence-corrected chi connectivity index (χ2v) is 9.82. The minimum atomic E-state index is -0.682. The van der Waals surface area contributed by atoms with Crippen molar-refractivity contribution in [2.45, 2.75) is 26.8 Å². The van der Waals surface area contributed by atoms with E-state index in [9.17, 15) is 9.59 Å². The SMILES string of the molecule is CCN(CC)C(=O)C1=C(C)N=c2s/c(=C/c3ccc(Cl)cc3Cl)c(=O)n2[C@H]1c1ccccc1OC. The largest absolute Gasteiger partial charge is 0.496 e. The lowest BCUT2D eigenvalue weighted by atomic mass is 9.94. The van der Waals surface area contributed by atoms with Crippen molar-refractivity contribution in [1.29, 1.82) is 0 Å². The third-order valence-electron chi connectivity index (χ3n) is 5.99. The van der Waals surface area contributed by atoms with Gasteiger partial charge in [0.25, 0.3) is 11.5 Å². The topological polar surface area (TPSA) is 63.9 Å². The predicted molar refractivity (Wildman–Crippen MR) is 141 cm³/mol. The van der Waals surface area contributed by atoms with E-state index in [4.69, 9.17) is 27.9 Å². The molecule has 6 nitrogen and oxygen atoms in total. The first kappa shape index (κ1) is 25.2. The number of amides is 1. The number of fused-ring (bicyclic) bond motifs is 1. The van der Waals surface area contributed by atoms with Crippen molar-refractivity contribution in [1.82, 2.24) is 9.47 Å². The monoisotopic (exact) mass is 529 g/mol. The first-order chi connectivity index (χ1) is 16.8. The van der Waals surface area contributed by atoms with Gasteiger partial charge < -0.3 is 9.64 Å². The number of aromatic nitrogens is 1. The molecule has 2 heterocycles. The smallest absolute Gasteiger partial charge is 0.271 e. The van der Waals surface area contributed by atoms with Crippen LogP contribution in [0.15, 0.2) is 63.5 Å². The zero-order valence-corrected chi connectivity index (χ0v) is 22.2. The van der Waals surface area contributed by atoms with E-state index in [0.29, 0.717) is 55.1 Å². The summed E-state index contributed by atoms with van der Waals surface area (Å²) in [5, 5.41) is 0.957. The molecule has 0 spiro atoms. The number of carbonyl (C=O) groups is 1. The van der Waals surface area contributed by atoms with Crippen LogP contribution in [0.25, 0.3) is 6.08 Å². The van der Waals surface area contributed by atoms with Crippen molar-refractivity contribution in [3.63, 3.8) is 0 Å². The molecular weight excluding hydrogens is 505 g/mol. The summed E-state index contributed by atoms with van der Waals surface area (Å²) >= 11 is 13.6. The van der Waals surface area contributed by atoms with Crippen molar-refractivity contribution in [2.24, 2.45) is 4.99 Å². The van der Waals surface area contributed by atoms with Gasteiger partial charge >= 0.3 is 0 Å². The molecule has 0 aliphatic carbocycles. The molecule has 0 saturated heterocycles. The highest BCUT2D eigenvalue weighted by Crippen LogP contribution is 2.36. The number of hydrogen-bond donors (Lipinski definition) is 0. The summed E-state index contributed by atoms with van der Waals surface area (Å²) in [5.74, 6) is 0.439. The average molecular weight is 530 g/mol. The van der Waals surface area contributed by atoms with Gasteiger partial charge in [-0.3, -0.25) is 14.2 Å². The minimum Gasteiger partial charge on any atom is -0.496 e. The molecule has 0 fully saturated rings. The van der Waals surface area contributed by atoms with Crippen LogP contribution in [0.1, 0.15) is 37.9 Å². The van der Waals surface area contributed by atoms with Crippen molar-refractivity contribution in [3.05, 3.63) is 94.6 Å². The number of methoxy groups -OCH3 is 1. The summed E-state index contributed by atoms with van der Waals surface area (Å²) in [6, 6.07) is 11.9. The van der Waals surface area contributed by atoms with E-state index in [1.165, 1.54) is 11.3 Å². The number of likely N-dealkylation sites (N-methyl/N-ethyl adjacent to an activating group) is 1. The van der Waals surface area contributed by atoms with E-state index in [1.54, 1.807) is 40.9 Å². The summed E-state index contributed by atoms with van der Waals surface area (Å²) in [6.07, 6.45) is 1.73. The van der Waals surface area contributed by atoms with Gasteiger partial charge in [0.15, 0.2) is 4.80 Å². The molecule has 4 rings (SSSR count). The number of hydrogen-bond acceptors (Lipinski definition) is 5. The average Bonchev–Trinajstić information content (AvgIpc) is 3.15. The zero-order chi connectivity index (χ0) is 25.3. The number of thiazole rings is 1. The third-order valence-corrected chi connectivity index (χ3v) is 7.53. The van der Waals surface area contributed by atoms with Crippen LogP contribution in [-0.2, 0) is 4.79 Å². The van der Waals surface area contributed by atoms with Crippen LogP contribution in [0, 0.1) is 0 Å². The molecule has 0 N–H and O–H groups in total. The molecule has 0 bridgehead atoms. The summed E-state index contributed by atoms with van der Waals surface area (Å²) in [4.78, 5) is 34.4. The van der Waals surface area contributed by atoms with Gasteiger partial charge in [0.1, 0.15) is 11.8 Å². The Balaban J connectivity index is 2.01. The number of rotatable bonds is 6. The van der Waals surface area contributed by atoms with Crippen molar-refractivity contribution < 1.29 is 9.53 Å². The molecule has 0 saturated carbocycles. The molecule has 0 radical (unpaired) electrons. The first-order valence-electron chi connectivity index (χ1n) is 11.2. The highest BCUT2D eigenvalue weighted by atomic mass is 35.5. The van der Waals surface area contributed by atoms with Crippen LogP contribution >= 0.6 is 34.5 Å². The highest BCUT2D eigenvalue weighted by molar-refractivity contribution is 7.07. The molecule has 182 valence electrons. The van der Waals surface area contributed by atoms with Gasteiger partial charge in [-0.25, -0.2) is 4.99 Å². The Morgan fingerprint density at radius 3 is 2.57 bits per heavy atom. The predicted octanol–water partition coefficient (Wildman–Crippen LogP) is 4.42. The fourth-order valence-corrected chi connectivity index (χ4v) is 5.72. The Morgan fingerprint density at radius 1 is 1.20 bits per heavy atom. The molecule has 1 amide bonds. The standard InChI is InChI=1S/C26H25Cl2N3O3S/c1-5-30(6-2)25(33)22-15(3)29-26-31(23(22)18-9-7-8-10-20(18)34-4)24(32)21(35-26)13-16-11-12-17(27)14-19(16)28/h7-14,23H,5-6H2,1-4H3/b21-13+/t23-/m0/s1. The molecule has 1 aliphatic heterocycles. The minimum absolute atomic E-state index is 0.151. The summed E-state index contributed by atoms with van der Waals surface area (Å²) in [6.45, 7) is 6.77. The molecule has 2 aromatic carbocycles. The Kier molecular flexibility index (Phi) is 7.50. The number of carbonyl (C=O) groups excluding carboxylic acids is 1. The van der Waals surface area contributed by atoms with E-state index in [1.807, 2.05) is 45.0 Å². The molecule has 35 heavy (non-hydrogen) atoms. The highest BCUT2D eigenvalue weighted by Gasteiger charge is 2.35. The second-order valence-electron chi connectivity index (χ2n) is 7.97.